The number of nitrogens with one attached hydrogen (secondary N) is 1. The van der Waals surface area contributed by atoms with Gasteiger partial charge in [0.15, 0.2) is 5.65 Å². The summed E-state index contributed by atoms with van der Waals surface area (Å²) < 4.78 is 2.11. The average Bonchev–Trinajstić information content (AvgIpc) is 3.08. The van der Waals surface area contributed by atoms with Gasteiger partial charge in [-0.2, -0.15) is 0 Å². The average molecular weight is 471 g/mol. The maximum atomic E-state index is 12.7. The van der Waals surface area contributed by atoms with Crippen LogP contribution in [0.4, 0.5) is 11.4 Å². The summed E-state index contributed by atoms with van der Waals surface area (Å²) in [4.78, 5) is 27.8. The first kappa shape index (κ1) is 22.0. The molecular formula is C21H19ClN6O3S. The molecule has 2 aromatic heterocycles. The van der Waals surface area contributed by atoms with E-state index in [4.69, 9.17) is 11.6 Å². The Labute approximate surface area is 192 Å². The van der Waals surface area contributed by atoms with Crippen LogP contribution in [-0.4, -0.2) is 35.8 Å². The first-order valence-corrected chi connectivity index (χ1v) is 11.2. The molecule has 164 valence electrons. The van der Waals surface area contributed by atoms with Gasteiger partial charge in [-0.3, -0.25) is 14.9 Å². The van der Waals surface area contributed by atoms with Gasteiger partial charge < -0.3 is 9.88 Å². The van der Waals surface area contributed by atoms with E-state index in [0.717, 1.165) is 46.8 Å². The van der Waals surface area contributed by atoms with Crippen LogP contribution in [0.15, 0.2) is 47.6 Å². The number of benzene rings is 2. The standard InChI is InChI=1S/C21H19ClN6O3S/c1-3-10-27-17-7-5-4-6-14(17)18-19(27)24-21(26-25-18)32-12(2)20(29)23-16-11-13(28(30)31)8-9-15(16)22/h4-9,11-12H,3,10H2,1-2H3,(H,23,29). The quantitative estimate of drug-likeness (QED) is 0.227. The van der Waals surface area contributed by atoms with Crippen molar-refractivity contribution in [3.63, 3.8) is 0 Å². The Morgan fingerprint density at radius 3 is 2.81 bits per heavy atom. The lowest BCUT2D eigenvalue weighted by molar-refractivity contribution is -0.384. The predicted octanol–water partition coefficient (Wildman–Crippen LogP) is 5.07. The summed E-state index contributed by atoms with van der Waals surface area (Å²) in [5.41, 5.74) is 2.50. The Morgan fingerprint density at radius 2 is 2.06 bits per heavy atom. The van der Waals surface area contributed by atoms with Crippen molar-refractivity contribution in [1.82, 2.24) is 19.7 Å². The van der Waals surface area contributed by atoms with Crippen molar-refractivity contribution in [2.45, 2.75) is 37.2 Å². The van der Waals surface area contributed by atoms with Crippen LogP contribution in [0.25, 0.3) is 22.1 Å². The predicted molar refractivity (Wildman–Crippen MR) is 125 cm³/mol. The van der Waals surface area contributed by atoms with Crippen LogP contribution in [0.2, 0.25) is 5.02 Å². The fraction of sp³-hybridized carbons (Fsp3) is 0.238. The molecule has 0 aliphatic carbocycles. The fourth-order valence-corrected chi connectivity index (χ4v) is 4.23. The van der Waals surface area contributed by atoms with Crippen LogP contribution in [0.1, 0.15) is 20.3 Å². The third-order valence-corrected chi connectivity index (χ3v) is 6.15. The first-order valence-electron chi connectivity index (χ1n) is 9.92. The summed E-state index contributed by atoms with van der Waals surface area (Å²) >= 11 is 7.23. The SMILES string of the molecule is CCCn1c2ccccc2c2nnc(SC(C)C(=O)Nc3cc([N+](=O)[O-])ccc3Cl)nc21. The molecule has 1 unspecified atom stereocenters. The number of hydrogen-bond donors (Lipinski definition) is 1. The van der Waals surface area contributed by atoms with Crippen molar-refractivity contribution in [1.29, 1.82) is 0 Å². The van der Waals surface area contributed by atoms with E-state index in [1.807, 2.05) is 24.3 Å². The Morgan fingerprint density at radius 1 is 1.28 bits per heavy atom. The summed E-state index contributed by atoms with van der Waals surface area (Å²) in [5, 5.41) is 23.2. The van der Waals surface area contributed by atoms with Crippen molar-refractivity contribution in [3.05, 3.63) is 57.6 Å². The molecule has 0 aliphatic heterocycles. The van der Waals surface area contributed by atoms with Crippen LogP contribution in [0.5, 0.6) is 0 Å². The minimum absolute atomic E-state index is 0.160. The number of thioether (sulfide) groups is 1. The number of anilines is 1. The molecule has 1 N–H and O–H groups in total. The van der Waals surface area contributed by atoms with Gasteiger partial charge in [0.2, 0.25) is 11.1 Å². The van der Waals surface area contributed by atoms with Crippen molar-refractivity contribution in [2.24, 2.45) is 0 Å². The number of non-ortho nitro benzene ring substituents is 1. The van der Waals surface area contributed by atoms with Gasteiger partial charge in [0.1, 0.15) is 5.52 Å². The molecule has 0 spiro atoms. The van der Waals surface area contributed by atoms with Crippen LogP contribution in [0.3, 0.4) is 0 Å². The molecule has 0 bridgehead atoms. The molecular weight excluding hydrogens is 452 g/mol. The number of fused-ring (bicyclic) bond motifs is 3. The number of aryl methyl sites for hydroxylation is 1. The van der Waals surface area contributed by atoms with Gasteiger partial charge in [0.05, 0.1) is 26.4 Å². The zero-order chi connectivity index (χ0) is 22.8. The highest BCUT2D eigenvalue weighted by atomic mass is 35.5. The van der Waals surface area contributed by atoms with Crippen LogP contribution in [-0.2, 0) is 11.3 Å². The van der Waals surface area contributed by atoms with Gasteiger partial charge in [-0.1, -0.05) is 48.5 Å². The lowest BCUT2D eigenvalue weighted by Gasteiger charge is -2.12. The number of para-hydroxylation sites is 1. The second kappa shape index (κ2) is 9.09. The summed E-state index contributed by atoms with van der Waals surface area (Å²) in [7, 11) is 0. The summed E-state index contributed by atoms with van der Waals surface area (Å²) in [6.07, 6.45) is 0.934. The number of carbonyl (C=O) groups is 1. The van der Waals surface area contributed by atoms with Gasteiger partial charge in [-0.15, -0.1) is 10.2 Å². The van der Waals surface area contributed by atoms with Gasteiger partial charge >= 0.3 is 0 Å². The van der Waals surface area contributed by atoms with E-state index in [1.54, 1.807) is 6.92 Å². The molecule has 4 rings (SSSR count). The van der Waals surface area contributed by atoms with Crippen LogP contribution in [0, 0.1) is 10.1 Å². The molecule has 2 heterocycles. The number of nitro benzene ring substituents is 1. The normalized spacial score (nSPS) is 12.2. The lowest BCUT2D eigenvalue weighted by Crippen LogP contribution is -2.23. The number of halogens is 1. The van der Waals surface area contributed by atoms with Gasteiger partial charge in [0.25, 0.3) is 5.69 Å². The zero-order valence-electron chi connectivity index (χ0n) is 17.3. The minimum Gasteiger partial charge on any atom is -0.324 e. The number of rotatable bonds is 7. The number of hydrogen-bond acceptors (Lipinski definition) is 7. The number of nitro groups is 1. The zero-order valence-corrected chi connectivity index (χ0v) is 18.9. The lowest BCUT2D eigenvalue weighted by atomic mass is 10.2. The molecule has 0 radical (unpaired) electrons. The molecule has 0 aliphatic rings. The van der Waals surface area contributed by atoms with E-state index in [0.29, 0.717) is 5.16 Å². The molecule has 11 heteroatoms. The molecule has 1 atom stereocenters. The maximum Gasteiger partial charge on any atom is 0.271 e. The highest BCUT2D eigenvalue weighted by Gasteiger charge is 2.21. The highest BCUT2D eigenvalue weighted by Crippen LogP contribution is 2.30. The Kier molecular flexibility index (Phi) is 6.24. The van der Waals surface area contributed by atoms with Gasteiger partial charge in [-0.25, -0.2) is 4.98 Å². The van der Waals surface area contributed by atoms with E-state index in [2.05, 4.69) is 32.0 Å². The van der Waals surface area contributed by atoms with Gasteiger partial charge in [-0.05, 0) is 25.5 Å². The number of amides is 1. The third-order valence-electron chi connectivity index (χ3n) is 4.87. The molecule has 2 aromatic carbocycles. The topological polar surface area (TPSA) is 116 Å². The van der Waals surface area contributed by atoms with Gasteiger partial charge in [0, 0.05) is 24.1 Å². The molecule has 0 fully saturated rings. The van der Waals surface area contributed by atoms with E-state index < -0.39 is 10.2 Å². The molecule has 0 saturated carbocycles. The number of aromatic nitrogens is 4. The largest absolute Gasteiger partial charge is 0.324 e. The van der Waals surface area contributed by atoms with Crippen LogP contribution >= 0.6 is 23.4 Å². The van der Waals surface area contributed by atoms with E-state index in [9.17, 15) is 14.9 Å². The summed E-state index contributed by atoms with van der Waals surface area (Å²) in [6, 6.07) is 11.8. The summed E-state index contributed by atoms with van der Waals surface area (Å²) in [6.45, 7) is 4.57. The Balaban J connectivity index is 1.58. The van der Waals surface area contributed by atoms with Crippen molar-refractivity contribution in [3.8, 4) is 0 Å². The minimum atomic E-state index is -0.589. The molecule has 9 nitrogen and oxygen atoms in total. The van der Waals surface area contributed by atoms with E-state index in [-0.39, 0.29) is 22.3 Å². The second-order valence-electron chi connectivity index (χ2n) is 7.11. The molecule has 4 aromatic rings. The monoisotopic (exact) mass is 470 g/mol. The number of carbonyl (C=O) groups excluding carboxylic acids is 1. The maximum absolute atomic E-state index is 12.7. The van der Waals surface area contributed by atoms with Crippen molar-refractivity contribution < 1.29 is 9.72 Å². The molecule has 32 heavy (non-hydrogen) atoms. The van der Waals surface area contributed by atoms with Crippen molar-refractivity contribution in [2.75, 3.05) is 5.32 Å². The smallest absolute Gasteiger partial charge is 0.271 e. The van der Waals surface area contributed by atoms with Crippen molar-refractivity contribution >= 4 is 62.7 Å². The number of nitrogens with zero attached hydrogens (tertiary/aromatic N) is 5. The first-order chi connectivity index (χ1) is 15.4. The second-order valence-corrected chi connectivity index (χ2v) is 8.82. The van der Waals surface area contributed by atoms with Crippen LogP contribution < -0.4 is 5.32 Å². The molecule has 1 amide bonds. The Hall–Kier alpha value is -3.24. The molecule has 0 saturated heterocycles. The highest BCUT2D eigenvalue weighted by molar-refractivity contribution is 8.00. The third kappa shape index (κ3) is 4.23. The van der Waals surface area contributed by atoms with E-state index >= 15 is 0 Å². The van der Waals surface area contributed by atoms with E-state index in [1.165, 1.54) is 18.2 Å². The summed E-state index contributed by atoms with van der Waals surface area (Å²) in [5.74, 6) is -0.379. The fourth-order valence-electron chi connectivity index (χ4n) is 3.36. The Bertz CT molecular complexity index is 1340.